The SMILES string of the molecule is CC1(c2cncn2C2CCCCCC2)CCNC1. The monoisotopic (exact) mass is 247 g/mol. The van der Waals surface area contributed by atoms with Crippen LogP contribution in [0.15, 0.2) is 12.5 Å². The van der Waals surface area contributed by atoms with Crippen molar-refractivity contribution in [2.45, 2.75) is 63.3 Å². The Kier molecular flexibility index (Phi) is 3.42. The molecule has 1 unspecified atom stereocenters. The lowest BCUT2D eigenvalue weighted by Crippen LogP contribution is -2.29. The van der Waals surface area contributed by atoms with Gasteiger partial charge in [0.25, 0.3) is 0 Å². The first-order valence-electron chi connectivity index (χ1n) is 7.53. The van der Waals surface area contributed by atoms with E-state index >= 15 is 0 Å². The molecule has 100 valence electrons. The standard InChI is InChI=1S/C15H25N3/c1-15(8-9-16-11-15)14-10-17-12-18(14)13-6-4-2-3-5-7-13/h10,12-13,16H,2-9,11H2,1H3. The van der Waals surface area contributed by atoms with Crippen molar-refractivity contribution in [1.82, 2.24) is 14.9 Å². The topological polar surface area (TPSA) is 29.9 Å². The zero-order chi connectivity index (χ0) is 12.4. The average molecular weight is 247 g/mol. The lowest BCUT2D eigenvalue weighted by Gasteiger charge is -2.28. The highest BCUT2D eigenvalue weighted by molar-refractivity contribution is 5.18. The molecule has 1 atom stereocenters. The first-order chi connectivity index (χ1) is 8.80. The van der Waals surface area contributed by atoms with Crippen molar-refractivity contribution < 1.29 is 0 Å². The van der Waals surface area contributed by atoms with Gasteiger partial charge in [0.2, 0.25) is 0 Å². The van der Waals surface area contributed by atoms with E-state index in [-0.39, 0.29) is 0 Å². The van der Waals surface area contributed by atoms with Gasteiger partial charge in [-0.3, -0.25) is 0 Å². The molecule has 0 spiro atoms. The molecule has 1 aliphatic heterocycles. The first-order valence-corrected chi connectivity index (χ1v) is 7.53. The molecule has 1 aromatic rings. The van der Waals surface area contributed by atoms with Gasteiger partial charge in [0.1, 0.15) is 0 Å². The first kappa shape index (κ1) is 12.2. The largest absolute Gasteiger partial charge is 0.331 e. The Morgan fingerprint density at radius 1 is 1.28 bits per heavy atom. The molecule has 2 heterocycles. The summed E-state index contributed by atoms with van der Waals surface area (Å²) in [7, 11) is 0. The van der Waals surface area contributed by atoms with Gasteiger partial charge in [0.15, 0.2) is 0 Å². The van der Waals surface area contributed by atoms with Crippen LogP contribution in [-0.4, -0.2) is 22.6 Å². The minimum absolute atomic E-state index is 0.294. The van der Waals surface area contributed by atoms with Gasteiger partial charge in [0, 0.05) is 29.9 Å². The van der Waals surface area contributed by atoms with Gasteiger partial charge < -0.3 is 9.88 Å². The maximum absolute atomic E-state index is 4.45. The second-order valence-corrected chi connectivity index (χ2v) is 6.32. The summed E-state index contributed by atoms with van der Waals surface area (Å²) in [5, 5.41) is 3.50. The van der Waals surface area contributed by atoms with Crippen LogP contribution in [0.5, 0.6) is 0 Å². The van der Waals surface area contributed by atoms with E-state index in [1.807, 2.05) is 0 Å². The fraction of sp³-hybridized carbons (Fsp3) is 0.800. The van der Waals surface area contributed by atoms with E-state index in [2.05, 4.69) is 34.3 Å². The third-order valence-corrected chi connectivity index (χ3v) is 4.87. The van der Waals surface area contributed by atoms with Gasteiger partial charge in [-0.1, -0.05) is 32.6 Å². The molecule has 18 heavy (non-hydrogen) atoms. The van der Waals surface area contributed by atoms with E-state index in [0.29, 0.717) is 11.5 Å². The van der Waals surface area contributed by atoms with Gasteiger partial charge in [-0.25, -0.2) is 4.98 Å². The molecule has 1 aromatic heterocycles. The van der Waals surface area contributed by atoms with Crippen molar-refractivity contribution in [2.75, 3.05) is 13.1 Å². The summed E-state index contributed by atoms with van der Waals surface area (Å²) in [4.78, 5) is 4.45. The third-order valence-electron chi connectivity index (χ3n) is 4.87. The van der Waals surface area contributed by atoms with Crippen LogP contribution >= 0.6 is 0 Å². The normalized spacial score (nSPS) is 30.5. The van der Waals surface area contributed by atoms with Gasteiger partial charge in [-0.2, -0.15) is 0 Å². The molecule has 1 saturated heterocycles. The highest BCUT2D eigenvalue weighted by atomic mass is 15.1. The summed E-state index contributed by atoms with van der Waals surface area (Å²) in [5.41, 5.74) is 1.75. The van der Waals surface area contributed by atoms with E-state index in [4.69, 9.17) is 0 Å². The van der Waals surface area contributed by atoms with Crippen LogP contribution in [0.3, 0.4) is 0 Å². The van der Waals surface area contributed by atoms with Crippen LogP contribution in [0.4, 0.5) is 0 Å². The summed E-state index contributed by atoms with van der Waals surface area (Å²) >= 11 is 0. The maximum atomic E-state index is 4.45. The summed E-state index contributed by atoms with van der Waals surface area (Å²) in [6, 6.07) is 0.697. The van der Waals surface area contributed by atoms with Gasteiger partial charge in [0.05, 0.1) is 6.33 Å². The molecular weight excluding hydrogens is 222 g/mol. The minimum atomic E-state index is 0.294. The Morgan fingerprint density at radius 2 is 2.06 bits per heavy atom. The van der Waals surface area contributed by atoms with Crippen LogP contribution in [0, 0.1) is 0 Å². The molecule has 0 aromatic carbocycles. The molecule has 0 radical (unpaired) electrons. The number of aromatic nitrogens is 2. The van der Waals surface area contributed by atoms with Gasteiger partial charge in [-0.05, 0) is 25.8 Å². The second-order valence-electron chi connectivity index (χ2n) is 6.32. The van der Waals surface area contributed by atoms with E-state index in [1.54, 1.807) is 0 Å². The quantitative estimate of drug-likeness (QED) is 0.814. The van der Waals surface area contributed by atoms with E-state index in [9.17, 15) is 0 Å². The molecule has 1 saturated carbocycles. The number of rotatable bonds is 2. The lowest BCUT2D eigenvalue weighted by molar-refractivity contribution is 0.390. The summed E-state index contributed by atoms with van der Waals surface area (Å²) in [6.07, 6.45) is 13.7. The Bertz CT molecular complexity index is 382. The van der Waals surface area contributed by atoms with Crippen LogP contribution in [-0.2, 0) is 5.41 Å². The molecular formula is C15H25N3. The van der Waals surface area contributed by atoms with Gasteiger partial charge >= 0.3 is 0 Å². The molecule has 0 bridgehead atoms. The summed E-state index contributed by atoms with van der Waals surface area (Å²) < 4.78 is 2.50. The smallest absolute Gasteiger partial charge is 0.0950 e. The number of nitrogens with one attached hydrogen (secondary N) is 1. The molecule has 0 amide bonds. The van der Waals surface area contributed by atoms with Crippen molar-refractivity contribution in [1.29, 1.82) is 0 Å². The van der Waals surface area contributed by atoms with Crippen LogP contribution in [0.25, 0.3) is 0 Å². The predicted molar refractivity (Wildman–Crippen MR) is 73.8 cm³/mol. The van der Waals surface area contributed by atoms with Crippen molar-refractivity contribution in [3.05, 3.63) is 18.2 Å². The van der Waals surface area contributed by atoms with Crippen molar-refractivity contribution >= 4 is 0 Å². The maximum Gasteiger partial charge on any atom is 0.0950 e. The van der Waals surface area contributed by atoms with E-state index < -0.39 is 0 Å². The van der Waals surface area contributed by atoms with E-state index in [0.717, 1.165) is 13.1 Å². The Hall–Kier alpha value is -0.830. The van der Waals surface area contributed by atoms with E-state index in [1.165, 1.54) is 50.6 Å². The molecule has 2 fully saturated rings. The second kappa shape index (κ2) is 5.04. The molecule has 3 rings (SSSR count). The average Bonchev–Trinajstić information content (AvgIpc) is 2.94. The fourth-order valence-corrected chi connectivity index (χ4v) is 3.63. The Balaban J connectivity index is 1.86. The Morgan fingerprint density at radius 3 is 2.72 bits per heavy atom. The highest BCUT2D eigenvalue weighted by Gasteiger charge is 2.34. The predicted octanol–water partition coefficient (Wildman–Crippen LogP) is 3.03. The van der Waals surface area contributed by atoms with Crippen LogP contribution in [0.1, 0.15) is 63.6 Å². The number of hydrogen-bond donors (Lipinski definition) is 1. The molecule has 2 aliphatic rings. The highest BCUT2D eigenvalue weighted by Crippen LogP contribution is 2.35. The number of imidazole rings is 1. The third kappa shape index (κ3) is 2.20. The molecule has 3 heteroatoms. The Labute approximate surface area is 110 Å². The fourth-order valence-electron chi connectivity index (χ4n) is 3.63. The molecule has 3 nitrogen and oxygen atoms in total. The molecule has 1 aliphatic carbocycles. The molecule has 1 N–H and O–H groups in total. The number of nitrogens with zero attached hydrogens (tertiary/aromatic N) is 2. The number of hydrogen-bond acceptors (Lipinski definition) is 2. The van der Waals surface area contributed by atoms with Crippen LogP contribution in [0.2, 0.25) is 0 Å². The minimum Gasteiger partial charge on any atom is -0.331 e. The zero-order valence-corrected chi connectivity index (χ0v) is 11.5. The van der Waals surface area contributed by atoms with Crippen molar-refractivity contribution in [3.63, 3.8) is 0 Å². The summed E-state index contributed by atoms with van der Waals surface area (Å²) in [6.45, 7) is 4.63. The zero-order valence-electron chi connectivity index (χ0n) is 11.5. The van der Waals surface area contributed by atoms with Crippen molar-refractivity contribution in [2.24, 2.45) is 0 Å². The lowest BCUT2D eigenvalue weighted by atomic mass is 9.86. The van der Waals surface area contributed by atoms with Crippen molar-refractivity contribution in [3.8, 4) is 0 Å². The van der Waals surface area contributed by atoms with Gasteiger partial charge in [-0.15, -0.1) is 0 Å². The van der Waals surface area contributed by atoms with Crippen LogP contribution < -0.4 is 5.32 Å². The summed E-state index contributed by atoms with van der Waals surface area (Å²) in [5.74, 6) is 0.